The fraction of sp³-hybridized carbons (Fsp3) is 0.231. The third-order valence-electron chi connectivity index (χ3n) is 2.44. The van der Waals surface area contributed by atoms with Crippen molar-refractivity contribution in [3.05, 3.63) is 51.9 Å². The molecule has 1 aromatic heterocycles. The zero-order valence-electron chi connectivity index (χ0n) is 9.95. The van der Waals surface area contributed by atoms with Gasteiger partial charge in [-0.05, 0) is 17.7 Å². The molecule has 2 aromatic rings. The summed E-state index contributed by atoms with van der Waals surface area (Å²) < 4.78 is 0. The van der Waals surface area contributed by atoms with E-state index >= 15 is 0 Å². The SMILES string of the molecule is CCc1nc(Cl)cc(NCc2ccc(Cl)cc2)n1. The Labute approximate surface area is 116 Å². The summed E-state index contributed by atoms with van der Waals surface area (Å²) in [5.74, 6) is 1.47. The topological polar surface area (TPSA) is 37.8 Å². The molecule has 3 nitrogen and oxygen atoms in total. The van der Waals surface area contributed by atoms with Gasteiger partial charge in [0.2, 0.25) is 0 Å². The molecule has 1 heterocycles. The van der Waals surface area contributed by atoms with Crippen LogP contribution in [-0.4, -0.2) is 9.97 Å². The third kappa shape index (κ3) is 3.59. The predicted octanol–water partition coefficient (Wildman–Crippen LogP) is 3.96. The van der Waals surface area contributed by atoms with E-state index in [9.17, 15) is 0 Å². The van der Waals surface area contributed by atoms with E-state index in [2.05, 4.69) is 15.3 Å². The van der Waals surface area contributed by atoms with Crippen LogP contribution in [0.5, 0.6) is 0 Å². The molecule has 2 rings (SSSR count). The number of nitrogens with one attached hydrogen (secondary N) is 1. The molecule has 0 aliphatic heterocycles. The van der Waals surface area contributed by atoms with E-state index in [4.69, 9.17) is 23.2 Å². The van der Waals surface area contributed by atoms with E-state index in [0.717, 1.165) is 28.6 Å². The molecule has 0 aliphatic rings. The molecule has 1 N–H and O–H groups in total. The lowest BCUT2D eigenvalue weighted by Crippen LogP contribution is -2.04. The molecule has 0 saturated heterocycles. The summed E-state index contributed by atoms with van der Waals surface area (Å²) in [5.41, 5.74) is 1.13. The Morgan fingerprint density at radius 2 is 1.83 bits per heavy atom. The lowest BCUT2D eigenvalue weighted by atomic mass is 10.2. The molecule has 0 saturated carbocycles. The van der Waals surface area contributed by atoms with Crippen molar-refractivity contribution in [3.8, 4) is 0 Å². The molecule has 0 bridgehead atoms. The maximum Gasteiger partial charge on any atom is 0.134 e. The fourth-order valence-corrected chi connectivity index (χ4v) is 1.84. The van der Waals surface area contributed by atoms with E-state index in [1.54, 1.807) is 6.07 Å². The predicted molar refractivity (Wildman–Crippen MR) is 75.2 cm³/mol. The first-order valence-corrected chi connectivity index (χ1v) is 6.44. The summed E-state index contributed by atoms with van der Waals surface area (Å²) in [5, 5.41) is 4.41. The van der Waals surface area contributed by atoms with Gasteiger partial charge in [0.25, 0.3) is 0 Å². The highest BCUT2D eigenvalue weighted by Crippen LogP contribution is 2.14. The number of hydrogen-bond donors (Lipinski definition) is 1. The summed E-state index contributed by atoms with van der Waals surface area (Å²) in [6.45, 7) is 2.67. The average Bonchev–Trinajstić information content (AvgIpc) is 2.37. The van der Waals surface area contributed by atoms with Gasteiger partial charge in [0.15, 0.2) is 0 Å². The fourth-order valence-electron chi connectivity index (χ4n) is 1.51. The van der Waals surface area contributed by atoms with Crippen molar-refractivity contribution in [1.29, 1.82) is 0 Å². The van der Waals surface area contributed by atoms with Gasteiger partial charge in [-0.1, -0.05) is 42.3 Å². The van der Waals surface area contributed by atoms with Gasteiger partial charge in [-0.2, -0.15) is 0 Å². The van der Waals surface area contributed by atoms with E-state index in [0.29, 0.717) is 11.7 Å². The number of rotatable bonds is 4. The first kappa shape index (κ1) is 13.1. The molecule has 0 atom stereocenters. The second-order valence-electron chi connectivity index (χ2n) is 3.83. The third-order valence-corrected chi connectivity index (χ3v) is 2.89. The number of halogens is 2. The van der Waals surface area contributed by atoms with Crippen LogP contribution in [0.4, 0.5) is 5.82 Å². The minimum Gasteiger partial charge on any atom is -0.366 e. The highest BCUT2D eigenvalue weighted by atomic mass is 35.5. The maximum atomic E-state index is 5.92. The van der Waals surface area contributed by atoms with Crippen LogP contribution in [0.1, 0.15) is 18.3 Å². The number of aromatic nitrogens is 2. The highest BCUT2D eigenvalue weighted by molar-refractivity contribution is 6.30. The number of hydrogen-bond acceptors (Lipinski definition) is 3. The van der Waals surface area contributed by atoms with Gasteiger partial charge >= 0.3 is 0 Å². The monoisotopic (exact) mass is 281 g/mol. The van der Waals surface area contributed by atoms with E-state index in [1.807, 2.05) is 31.2 Å². The minimum atomic E-state index is 0.459. The number of aryl methyl sites for hydroxylation is 1. The zero-order valence-corrected chi connectivity index (χ0v) is 11.5. The van der Waals surface area contributed by atoms with Crippen LogP contribution >= 0.6 is 23.2 Å². The maximum absolute atomic E-state index is 5.92. The molecule has 0 fully saturated rings. The van der Waals surface area contributed by atoms with Gasteiger partial charge in [-0.3, -0.25) is 0 Å². The molecule has 18 heavy (non-hydrogen) atoms. The normalized spacial score (nSPS) is 10.4. The molecule has 0 spiro atoms. The van der Waals surface area contributed by atoms with Crippen molar-refractivity contribution in [2.24, 2.45) is 0 Å². The summed E-state index contributed by atoms with van der Waals surface area (Å²) in [6.07, 6.45) is 0.760. The standard InChI is InChI=1S/C13H13Cl2N3/c1-2-12-17-11(15)7-13(18-12)16-8-9-3-5-10(14)6-4-9/h3-7H,2,8H2,1H3,(H,16,17,18). The summed E-state index contributed by atoms with van der Waals surface area (Å²) >= 11 is 11.8. The van der Waals surface area contributed by atoms with E-state index in [-0.39, 0.29) is 0 Å². The Kier molecular flexibility index (Phi) is 4.39. The van der Waals surface area contributed by atoms with Crippen molar-refractivity contribution in [2.75, 3.05) is 5.32 Å². The lowest BCUT2D eigenvalue weighted by Gasteiger charge is -2.07. The lowest BCUT2D eigenvalue weighted by molar-refractivity contribution is 0.933. The smallest absolute Gasteiger partial charge is 0.134 e. The Hall–Kier alpha value is -1.32. The Bertz CT molecular complexity index is 526. The molecule has 0 radical (unpaired) electrons. The van der Waals surface area contributed by atoms with Crippen LogP contribution in [0.25, 0.3) is 0 Å². The number of nitrogens with zero attached hydrogens (tertiary/aromatic N) is 2. The highest BCUT2D eigenvalue weighted by Gasteiger charge is 2.01. The van der Waals surface area contributed by atoms with Crippen molar-refractivity contribution in [3.63, 3.8) is 0 Å². The molecule has 0 unspecified atom stereocenters. The summed E-state index contributed by atoms with van der Waals surface area (Å²) in [4.78, 5) is 8.47. The van der Waals surface area contributed by atoms with Crippen molar-refractivity contribution < 1.29 is 0 Å². The molecular formula is C13H13Cl2N3. The first-order chi connectivity index (χ1) is 8.67. The van der Waals surface area contributed by atoms with Crippen molar-refractivity contribution in [2.45, 2.75) is 19.9 Å². The Morgan fingerprint density at radius 1 is 1.11 bits per heavy atom. The molecule has 5 heteroatoms. The Balaban J connectivity index is 2.05. The van der Waals surface area contributed by atoms with Gasteiger partial charge in [0.1, 0.15) is 16.8 Å². The minimum absolute atomic E-state index is 0.459. The second kappa shape index (κ2) is 6.03. The van der Waals surface area contributed by atoms with Gasteiger partial charge in [-0.15, -0.1) is 0 Å². The van der Waals surface area contributed by atoms with Gasteiger partial charge in [0, 0.05) is 24.1 Å². The van der Waals surface area contributed by atoms with Crippen molar-refractivity contribution >= 4 is 29.0 Å². The molecule has 1 aromatic carbocycles. The molecule has 94 valence electrons. The van der Waals surface area contributed by atoms with Gasteiger partial charge in [-0.25, -0.2) is 9.97 Å². The quantitative estimate of drug-likeness (QED) is 0.862. The van der Waals surface area contributed by atoms with Crippen LogP contribution in [0.2, 0.25) is 10.2 Å². The molecule has 0 amide bonds. The van der Waals surface area contributed by atoms with Crippen LogP contribution < -0.4 is 5.32 Å². The second-order valence-corrected chi connectivity index (χ2v) is 4.65. The largest absolute Gasteiger partial charge is 0.366 e. The zero-order chi connectivity index (χ0) is 13.0. The van der Waals surface area contributed by atoms with Crippen molar-refractivity contribution in [1.82, 2.24) is 9.97 Å². The first-order valence-electron chi connectivity index (χ1n) is 5.69. The number of anilines is 1. The van der Waals surface area contributed by atoms with E-state index in [1.165, 1.54) is 0 Å². The number of benzene rings is 1. The van der Waals surface area contributed by atoms with Gasteiger partial charge in [0.05, 0.1) is 0 Å². The molecule has 0 aliphatic carbocycles. The van der Waals surface area contributed by atoms with E-state index < -0.39 is 0 Å². The summed E-state index contributed by atoms with van der Waals surface area (Å²) in [7, 11) is 0. The average molecular weight is 282 g/mol. The molecular weight excluding hydrogens is 269 g/mol. The van der Waals surface area contributed by atoms with Crippen LogP contribution in [-0.2, 0) is 13.0 Å². The summed E-state index contributed by atoms with van der Waals surface area (Å²) in [6, 6.07) is 9.39. The van der Waals surface area contributed by atoms with Crippen LogP contribution in [0.15, 0.2) is 30.3 Å². The van der Waals surface area contributed by atoms with Gasteiger partial charge < -0.3 is 5.32 Å². The van der Waals surface area contributed by atoms with Crippen LogP contribution in [0.3, 0.4) is 0 Å². The van der Waals surface area contributed by atoms with Crippen LogP contribution in [0, 0.1) is 0 Å². The Morgan fingerprint density at radius 3 is 2.50 bits per heavy atom.